The number of rotatable bonds is 4. The molecule has 0 bridgehead atoms. The molecule has 1 amide bonds. The molecule has 0 N–H and O–H groups in total. The quantitative estimate of drug-likeness (QED) is 0.785. The number of amides is 1. The van der Waals surface area contributed by atoms with Gasteiger partial charge in [-0.05, 0) is 33.8 Å². The third kappa shape index (κ3) is 4.31. The second-order valence-electron chi connectivity index (χ2n) is 6.57. The highest BCUT2D eigenvalue weighted by Crippen LogP contribution is 2.31. The third-order valence-electron chi connectivity index (χ3n) is 3.43. The maximum atomic E-state index is 12.3. The summed E-state index contributed by atoms with van der Waals surface area (Å²) < 4.78 is 29.2. The standard InChI is InChI=1S/C16H23NO5S/c1-15(2,3)22-14(19)17(5)16(4,11-18)12-9-7-8-10-13(12)23(6,20)21/h7-11H,1-6H3. The van der Waals surface area contributed by atoms with Crippen LogP contribution >= 0.6 is 0 Å². The monoisotopic (exact) mass is 341 g/mol. The van der Waals surface area contributed by atoms with Crippen LogP contribution in [0.5, 0.6) is 0 Å². The summed E-state index contributed by atoms with van der Waals surface area (Å²) in [6, 6.07) is 6.12. The Labute approximate surface area is 137 Å². The van der Waals surface area contributed by atoms with Crippen LogP contribution < -0.4 is 0 Å². The molecule has 1 aromatic rings. The second kappa shape index (κ2) is 6.31. The lowest BCUT2D eigenvalue weighted by Crippen LogP contribution is -2.48. The zero-order chi connectivity index (χ0) is 18.1. The summed E-state index contributed by atoms with van der Waals surface area (Å²) in [5.74, 6) is 0. The van der Waals surface area contributed by atoms with Gasteiger partial charge in [0.1, 0.15) is 17.4 Å². The predicted molar refractivity (Wildman–Crippen MR) is 87.0 cm³/mol. The summed E-state index contributed by atoms with van der Waals surface area (Å²) in [7, 11) is -2.15. The SMILES string of the molecule is CN(C(=O)OC(C)(C)C)C(C)(C=O)c1ccccc1S(C)(=O)=O. The number of ether oxygens (including phenoxy) is 1. The van der Waals surface area contributed by atoms with E-state index in [4.69, 9.17) is 4.74 Å². The molecule has 6 nitrogen and oxygen atoms in total. The first kappa shape index (κ1) is 19.2. The van der Waals surface area contributed by atoms with Crippen LogP contribution in [0.25, 0.3) is 0 Å². The molecule has 128 valence electrons. The number of likely N-dealkylation sites (N-methyl/N-ethyl adjacent to an activating group) is 1. The summed E-state index contributed by atoms with van der Waals surface area (Å²) in [5.41, 5.74) is -1.97. The number of carbonyl (C=O) groups is 2. The van der Waals surface area contributed by atoms with E-state index in [9.17, 15) is 18.0 Å². The van der Waals surface area contributed by atoms with Gasteiger partial charge in [-0.1, -0.05) is 18.2 Å². The molecule has 0 saturated heterocycles. The van der Waals surface area contributed by atoms with E-state index < -0.39 is 27.1 Å². The highest BCUT2D eigenvalue weighted by molar-refractivity contribution is 7.90. The molecule has 1 unspecified atom stereocenters. The van der Waals surface area contributed by atoms with Gasteiger partial charge in [-0.3, -0.25) is 4.90 Å². The van der Waals surface area contributed by atoms with E-state index in [-0.39, 0.29) is 10.5 Å². The molecule has 0 aromatic heterocycles. The fourth-order valence-electron chi connectivity index (χ4n) is 2.05. The Morgan fingerprint density at radius 2 is 1.70 bits per heavy atom. The van der Waals surface area contributed by atoms with Crippen molar-refractivity contribution >= 4 is 22.2 Å². The molecule has 0 saturated carbocycles. The van der Waals surface area contributed by atoms with Crippen LogP contribution in [0.2, 0.25) is 0 Å². The van der Waals surface area contributed by atoms with Crippen LogP contribution in [0, 0.1) is 0 Å². The average molecular weight is 341 g/mol. The minimum Gasteiger partial charge on any atom is -0.444 e. The smallest absolute Gasteiger partial charge is 0.411 e. The molecule has 0 fully saturated rings. The van der Waals surface area contributed by atoms with Crippen LogP contribution in [0.3, 0.4) is 0 Å². The van der Waals surface area contributed by atoms with Gasteiger partial charge in [0.25, 0.3) is 0 Å². The van der Waals surface area contributed by atoms with Crippen molar-refractivity contribution in [2.75, 3.05) is 13.3 Å². The number of hydrogen-bond donors (Lipinski definition) is 0. The van der Waals surface area contributed by atoms with Crippen molar-refractivity contribution in [2.45, 2.75) is 43.7 Å². The normalized spacial score (nSPS) is 14.7. The van der Waals surface area contributed by atoms with Crippen LogP contribution in [-0.4, -0.2) is 44.6 Å². The van der Waals surface area contributed by atoms with Crippen LogP contribution in [0.4, 0.5) is 4.79 Å². The highest BCUT2D eigenvalue weighted by Gasteiger charge is 2.39. The van der Waals surface area contributed by atoms with Gasteiger partial charge in [-0.15, -0.1) is 0 Å². The first-order chi connectivity index (χ1) is 10.3. The number of nitrogens with zero attached hydrogens (tertiary/aromatic N) is 1. The van der Waals surface area contributed by atoms with Gasteiger partial charge in [-0.25, -0.2) is 13.2 Å². The molecule has 0 heterocycles. The molecule has 0 aliphatic carbocycles. The Hall–Kier alpha value is -1.89. The van der Waals surface area contributed by atoms with Crippen molar-refractivity contribution in [1.29, 1.82) is 0 Å². The van der Waals surface area contributed by atoms with Gasteiger partial charge in [0.2, 0.25) is 0 Å². The van der Waals surface area contributed by atoms with Gasteiger partial charge in [0.15, 0.2) is 9.84 Å². The van der Waals surface area contributed by atoms with Gasteiger partial charge >= 0.3 is 6.09 Å². The maximum Gasteiger partial charge on any atom is 0.411 e. The van der Waals surface area contributed by atoms with E-state index >= 15 is 0 Å². The lowest BCUT2D eigenvalue weighted by Gasteiger charge is -2.36. The molecular weight excluding hydrogens is 318 g/mol. The topological polar surface area (TPSA) is 80.8 Å². The fourth-order valence-corrected chi connectivity index (χ4v) is 3.05. The predicted octanol–water partition coefficient (Wildman–Crippen LogP) is 2.37. The molecule has 1 atom stereocenters. The van der Waals surface area contributed by atoms with E-state index in [1.54, 1.807) is 32.9 Å². The largest absolute Gasteiger partial charge is 0.444 e. The van der Waals surface area contributed by atoms with E-state index in [1.807, 2.05) is 0 Å². The summed E-state index contributed by atoms with van der Waals surface area (Å²) in [6.07, 6.45) is 0.890. The first-order valence-electron chi connectivity index (χ1n) is 7.05. The molecule has 7 heteroatoms. The second-order valence-corrected chi connectivity index (χ2v) is 8.56. The van der Waals surface area contributed by atoms with Crippen LogP contribution in [0.1, 0.15) is 33.3 Å². The van der Waals surface area contributed by atoms with Gasteiger partial charge in [0.05, 0.1) is 4.90 Å². The van der Waals surface area contributed by atoms with E-state index in [1.165, 1.54) is 26.1 Å². The molecular formula is C16H23NO5S. The van der Waals surface area contributed by atoms with Gasteiger partial charge < -0.3 is 9.53 Å². The lowest BCUT2D eigenvalue weighted by molar-refractivity contribution is -0.117. The molecule has 0 radical (unpaired) electrons. The van der Waals surface area contributed by atoms with Gasteiger partial charge in [-0.2, -0.15) is 0 Å². The van der Waals surface area contributed by atoms with E-state index in [2.05, 4.69) is 0 Å². The maximum absolute atomic E-state index is 12.3. The number of sulfone groups is 1. The number of carbonyl (C=O) groups excluding carboxylic acids is 2. The minimum atomic E-state index is -3.56. The summed E-state index contributed by atoms with van der Waals surface area (Å²) in [4.78, 5) is 25.2. The summed E-state index contributed by atoms with van der Waals surface area (Å²) >= 11 is 0. The Kier molecular flexibility index (Phi) is 5.26. The zero-order valence-electron chi connectivity index (χ0n) is 14.3. The molecule has 0 spiro atoms. The minimum absolute atomic E-state index is 0.00464. The molecule has 1 aromatic carbocycles. The third-order valence-corrected chi connectivity index (χ3v) is 4.58. The zero-order valence-corrected chi connectivity index (χ0v) is 15.1. The highest BCUT2D eigenvalue weighted by atomic mass is 32.2. The van der Waals surface area contributed by atoms with Crippen molar-refractivity contribution in [1.82, 2.24) is 4.90 Å². The number of aldehydes is 1. The first-order valence-corrected chi connectivity index (χ1v) is 8.95. The van der Waals surface area contributed by atoms with Crippen molar-refractivity contribution in [3.63, 3.8) is 0 Å². The van der Waals surface area contributed by atoms with Crippen molar-refractivity contribution in [3.05, 3.63) is 29.8 Å². The van der Waals surface area contributed by atoms with Crippen LogP contribution in [-0.2, 0) is 24.9 Å². The Bertz CT molecular complexity index is 705. The van der Waals surface area contributed by atoms with E-state index in [0.29, 0.717) is 6.29 Å². The average Bonchev–Trinajstić information content (AvgIpc) is 2.43. The molecule has 23 heavy (non-hydrogen) atoms. The number of benzene rings is 1. The van der Waals surface area contributed by atoms with Crippen molar-refractivity contribution in [3.8, 4) is 0 Å². The van der Waals surface area contributed by atoms with Crippen LogP contribution in [0.15, 0.2) is 29.2 Å². The van der Waals surface area contributed by atoms with Gasteiger partial charge in [0, 0.05) is 18.9 Å². The Morgan fingerprint density at radius 3 is 2.13 bits per heavy atom. The lowest BCUT2D eigenvalue weighted by atomic mass is 9.92. The molecule has 0 aliphatic rings. The summed E-state index contributed by atoms with van der Waals surface area (Å²) in [6.45, 7) is 6.61. The van der Waals surface area contributed by atoms with Crippen molar-refractivity contribution < 1.29 is 22.7 Å². The molecule has 0 aliphatic heterocycles. The Balaban J connectivity index is 3.42. The van der Waals surface area contributed by atoms with E-state index in [0.717, 1.165) is 11.2 Å². The Morgan fingerprint density at radius 1 is 1.17 bits per heavy atom. The summed E-state index contributed by atoms with van der Waals surface area (Å²) in [5, 5.41) is 0. The van der Waals surface area contributed by atoms with Crippen molar-refractivity contribution in [2.24, 2.45) is 0 Å². The number of hydrogen-bond acceptors (Lipinski definition) is 5. The fraction of sp³-hybridized carbons (Fsp3) is 0.500. The molecule has 1 rings (SSSR count).